The van der Waals surface area contributed by atoms with Gasteiger partial charge in [0.05, 0.1) is 11.7 Å². The molecule has 0 aliphatic heterocycles. The summed E-state index contributed by atoms with van der Waals surface area (Å²) in [5.74, 6) is 0.0799. The van der Waals surface area contributed by atoms with Crippen molar-refractivity contribution in [2.24, 2.45) is 0 Å². The number of aliphatic hydroxyl groups is 1. The van der Waals surface area contributed by atoms with Gasteiger partial charge in [0.25, 0.3) is 0 Å². The van der Waals surface area contributed by atoms with Crippen LogP contribution >= 0.6 is 0 Å². The Kier molecular flexibility index (Phi) is 5.50. The minimum atomic E-state index is -4.30. The lowest BCUT2D eigenvalue weighted by molar-refractivity contribution is -0.137. The Labute approximate surface area is 129 Å². The van der Waals surface area contributed by atoms with Crippen LogP contribution in [0, 0.1) is 0 Å². The van der Waals surface area contributed by atoms with Crippen LogP contribution in [0.2, 0.25) is 0 Å². The summed E-state index contributed by atoms with van der Waals surface area (Å²) >= 11 is 0. The van der Waals surface area contributed by atoms with Gasteiger partial charge in [-0.05, 0) is 49.9 Å². The van der Waals surface area contributed by atoms with Crippen LogP contribution in [-0.4, -0.2) is 35.2 Å². The molecule has 0 aromatic heterocycles. The average molecular weight is 315 g/mol. The van der Waals surface area contributed by atoms with Gasteiger partial charge in [0.1, 0.15) is 0 Å². The molecule has 0 radical (unpaired) electrons. The molecule has 22 heavy (non-hydrogen) atoms. The van der Waals surface area contributed by atoms with Crippen LogP contribution in [-0.2, 0) is 6.18 Å². The van der Waals surface area contributed by atoms with E-state index in [4.69, 9.17) is 0 Å². The molecule has 0 spiro atoms. The maximum absolute atomic E-state index is 12.9. The summed E-state index contributed by atoms with van der Waals surface area (Å²) in [6.45, 7) is 5.77. The summed E-state index contributed by atoms with van der Waals surface area (Å²) in [4.78, 5) is 2.20. The fourth-order valence-corrected chi connectivity index (χ4v) is 3.49. The van der Waals surface area contributed by atoms with Gasteiger partial charge in [0.2, 0.25) is 0 Å². The van der Waals surface area contributed by atoms with Gasteiger partial charge in [0, 0.05) is 6.04 Å². The fraction of sp³-hybridized carbons (Fsp3) is 0.647. The topological polar surface area (TPSA) is 23.5 Å². The van der Waals surface area contributed by atoms with Crippen molar-refractivity contribution < 1.29 is 18.3 Å². The number of halogens is 3. The van der Waals surface area contributed by atoms with Crippen LogP contribution in [0.25, 0.3) is 0 Å². The van der Waals surface area contributed by atoms with E-state index < -0.39 is 11.7 Å². The number of nitrogens with zero attached hydrogens (tertiary/aromatic N) is 1. The molecule has 3 atom stereocenters. The molecular formula is C17H24F3NO. The lowest BCUT2D eigenvalue weighted by Crippen LogP contribution is -2.46. The Hall–Kier alpha value is -1.07. The second kappa shape index (κ2) is 7.01. The molecule has 0 saturated heterocycles. The van der Waals surface area contributed by atoms with Gasteiger partial charge in [-0.15, -0.1) is 0 Å². The van der Waals surface area contributed by atoms with Gasteiger partial charge in [-0.25, -0.2) is 0 Å². The molecule has 1 aromatic rings. The molecule has 0 amide bonds. The van der Waals surface area contributed by atoms with Crippen molar-refractivity contribution >= 4 is 0 Å². The van der Waals surface area contributed by atoms with Crippen molar-refractivity contribution in [1.29, 1.82) is 0 Å². The van der Waals surface area contributed by atoms with Crippen molar-refractivity contribution in [2.75, 3.05) is 13.1 Å². The third kappa shape index (κ3) is 3.82. The Morgan fingerprint density at radius 1 is 1.18 bits per heavy atom. The van der Waals surface area contributed by atoms with E-state index in [1.165, 1.54) is 12.1 Å². The lowest BCUT2D eigenvalue weighted by Gasteiger charge is -2.40. The second-order valence-corrected chi connectivity index (χ2v) is 5.99. The SMILES string of the molecule is CCN(CC)C1CC(c2cccc(C(F)(F)F)c2)CCC1O. The van der Waals surface area contributed by atoms with Gasteiger partial charge in [-0.2, -0.15) is 13.2 Å². The molecule has 1 fully saturated rings. The molecular weight excluding hydrogens is 291 g/mol. The highest BCUT2D eigenvalue weighted by molar-refractivity contribution is 5.29. The van der Waals surface area contributed by atoms with E-state index in [1.54, 1.807) is 6.07 Å². The molecule has 5 heteroatoms. The molecule has 1 aliphatic rings. The van der Waals surface area contributed by atoms with Crippen LogP contribution in [0.4, 0.5) is 13.2 Å². The van der Waals surface area contributed by atoms with Crippen LogP contribution in [0.15, 0.2) is 24.3 Å². The smallest absolute Gasteiger partial charge is 0.391 e. The van der Waals surface area contributed by atoms with Gasteiger partial charge < -0.3 is 5.11 Å². The molecule has 1 aliphatic carbocycles. The van der Waals surface area contributed by atoms with E-state index in [2.05, 4.69) is 4.90 Å². The Morgan fingerprint density at radius 2 is 1.86 bits per heavy atom. The molecule has 3 unspecified atom stereocenters. The van der Waals surface area contributed by atoms with E-state index in [1.807, 2.05) is 13.8 Å². The van der Waals surface area contributed by atoms with Crippen molar-refractivity contribution in [3.05, 3.63) is 35.4 Å². The molecule has 0 bridgehead atoms. The standard InChI is InChI=1S/C17H24F3NO/c1-3-21(4-2)15-11-13(8-9-16(15)22)12-6-5-7-14(10-12)17(18,19)20/h5-7,10,13,15-16,22H,3-4,8-9,11H2,1-2H3. The number of alkyl halides is 3. The third-order valence-electron chi connectivity index (χ3n) is 4.75. The normalized spacial score (nSPS) is 26.4. The molecule has 2 rings (SSSR count). The maximum atomic E-state index is 12.9. The third-order valence-corrected chi connectivity index (χ3v) is 4.75. The number of rotatable bonds is 4. The van der Waals surface area contributed by atoms with E-state index in [0.717, 1.165) is 31.1 Å². The molecule has 1 saturated carbocycles. The predicted octanol–water partition coefficient (Wildman–Crippen LogP) is 4.04. The minimum Gasteiger partial charge on any atom is -0.391 e. The first-order chi connectivity index (χ1) is 10.4. The summed E-state index contributed by atoms with van der Waals surface area (Å²) in [6, 6.07) is 5.67. The second-order valence-electron chi connectivity index (χ2n) is 5.99. The fourth-order valence-electron chi connectivity index (χ4n) is 3.49. The Morgan fingerprint density at radius 3 is 2.45 bits per heavy atom. The summed E-state index contributed by atoms with van der Waals surface area (Å²) < 4.78 is 38.6. The van der Waals surface area contributed by atoms with Gasteiger partial charge in [0.15, 0.2) is 0 Å². The van der Waals surface area contributed by atoms with Gasteiger partial charge in [-0.1, -0.05) is 32.0 Å². The highest BCUT2D eigenvalue weighted by atomic mass is 19.4. The minimum absolute atomic E-state index is 0.0308. The van der Waals surface area contributed by atoms with Crippen molar-refractivity contribution in [3.8, 4) is 0 Å². The summed E-state index contributed by atoms with van der Waals surface area (Å²) in [6.07, 6.45) is -2.60. The van der Waals surface area contributed by atoms with E-state index in [0.29, 0.717) is 12.8 Å². The van der Waals surface area contributed by atoms with Gasteiger partial charge >= 0.3 is 6.18 Å². The van der Waals surface area contributed by atoms with E-state index in [9.17, 15) is 18.3 Å². The highest BCUT2D eigenvalue weighted by Gasteiger charge is 2.35. The molecule has 124 valence electrons. The van der Waals surface area contributed by atoms with Crippen molar-refractivity contribution in [1.82, 2.24) is 4.90 Å². The number of hydrogen-bond donors (Lipinski definition) is 1. The van der Waals surface area contributed by atoms with E-state index in [-0.39, 0.29) is 18.1 Å². The van der Waals surface area contributed by atoms with Crippen LogP contribution < -0.4 is 0 Å². The van der Waals surface area contributed by atoms with Crippen LogP contribution in [0.1, 0.15) is 50.2 Å². The van der Waals surface area contributed by atoms with Crippen LogP contribution in [0.3, 0.4) is 0 Å². The van der Waals surface area contributed by atoms with Gasteiger partial charge in [-0.3, -0.25) is 4.90 Å². The first kappa shape index (κ1) is 17.3. The van der Waals surface area contributed by atoms with Crippen LogP contribution in [0.5, 0.6) is 0 Å². The Bertz CT molecular complexity index is 485. The number of hydrogen-bond acceptors (Lipinski definition) is 2. The first-order valence-electron chi connectivity index (χ1n) is 7.96. The number of aliphatic hydroxyl groups excluding tert-OH is 1. The summed E-state index contributed by atoms with van der Waals surface area (Å²) in [5, 5.41) is 10.2. The molecule has 2 nitrogen and oxygen atoms in total. The quantitative estimate of drug-likeness (QED) is 0.906. The monoisotopic (exact) mass is 315 g/mol. The summed E-state index contributed by atoms with van der Waals surface area (Å²) in [7, 11) is 0. The summed E-state index contributed by atoms with van der Waals surface area (Å²) in [5.41, 5.74) is 0.148. The number of benzene rings is 1. The first-order valence-corrected chi connectivity index (χ1v) is 7.96. The zero-order valence-corrected chi connectivity index (χ0v) is 13.1. The zero-order valence-electron chi connectivity index (χ0n) is 13.1. The largest absolute Gasteiger partial charge is 0.416 e. The Balaban J connectivity index is 2.19. The lowest BCUT2D eigenvalue weighted by atomic mass is 9.79. The number of likely N-dealkylation sites (N-methyl/N-ethyl adjacent to an activating group) is 1. The maximum Gasteiger partial charge on any atom is 0.416 e. The molecule has 1 N–H and O–H groups in total. The van der Waals surface area contributed by atoms with E-state index >= 15 is 0 Å². The predicted molar refractivity (Wildman–Crippen MR) is 80.8 cm³/mol. The highest BCUT2D eigenvalue weighted by Crippen LogP contribution is 2.37. The van der Waals surface area contributed by atoms with Crippen molar-refractivity contribution in [3.63, 3.8) is 0 Å². The zero-order chi connectivity index (χ0) is 16.3. The molecule has 0 heterocycles. The molecule has 1 aromatic carbocycles. The van der Waals surface area contributed by atoms with Crippen molar-refractivity contribution in [2.45, 2.75) is 57.3 Å². The average Bonchev–Trinajstić information content (AvgIpc) is 2.49.